The number of nitrogens with zero attached hydrogens (tertiary/aromatic N) is 3. The smallest absolute Gasteiger partial charge is 0.256 e. The van der Waals surface area contributed by atoms with Gasteiger partial charge in [0.15, 0.2) is 5.75 Å². The number of aliphatic imine (C=N–C) groups is 1. The van der Waals surface area contributed by atoms with Crippen molar-refractivity contribution in [2.75, 3.05) is 24.1 Å². The summed E-state index contributed by atoms with van der Waals surface area (Å²) >= 11 is 5.97. The molecule has 0 fully saturated rings. The first-order chi connectivity index (χ1) is 11.8. The topological polar surface area (TPSA) is 45.1 Å². The number of hydrogen-bond donors (Lipinski definition) is 0. The molecule has 1 amide bonds. The third-order valence-corrected chi connectivity index (χ3v) is 4.13. The Bertz CT molecular complexity index is 788. The van der Waals surface area contributed by atoms with Gasteiger partial charge in [-0.15, -0.1) is 5.06 Å². The molecule has 0 aliphatic heterocycles. The van der Waals surface area contributed by atoms with Crippen molar-refractivity contribution in [3.05, 3.63) is 53.1 Å². The van der Waals surface area contributed by atoms with Gasteiger partial charge in [-0.3, -0.25) is 9.79 Å². The molecule has 0 N–H and O–H groups in total. The number of halogens is 1. The summed E-state index contributed by atoms with van der Waals surface area (Å²) in [6, 6.07) is 12.8. The van der Waals surface area contributed by atoms with Crippen LogP contribution in [0.2, 0.25) is 5.02 Å². The maximum atomic E-state index is 12.0. The number of carbonyl (C=O) groups is 1. The van der Waals surface area contributed by atoms with Gasteiger partial charge in [0.25, 0.3) is 5.91 Å². The Labute approximate surface area is 153 Å². The minimum Gasteiger partial charge on any atom is -0.372 e. The molecule has 2 aromatic carbocycles. The third kappa shape index (κ3) is 4.51. The van der Waals surface area contributed by atoms with E-state index in [0.717, 1.165) is 17.1 Å². The minimum atomic E-state index is -0.221. The lowest BCUT2D eigenvalue weighted by Gasteiger charge is -2.23. The summed E-state index contributed by atoms with van der Waals surface area (Å²) in [5, 5.41) is 1.89. The minimum absolute atomic E-state index is 0.221. The second-order valence-corrected chi connectivity index (χ2v) is 6.10. The Morgan fingerprint density at radius 3 is 2.20 bits per heavy atom. The van der Waals surface area contributed by atoms with Crippen LogP contribution in [0.5, 0.6) is 5.75 Å². The summed E-state index contributed by atoms with van der Waals surface area (Å²) in [5.74, 6) is 1.25. The van der Waals surface area contributed by atoms with E-state index in [0.29, 0.717) is 16.5 Å². The van der Waals surface area contributed by atoms with Gasteiger partial charge in [-0.2, -0.15) is 0 Å². The molecule has 0 radical (unpaired) electrons. The normalized spacial score (nSPS) is 11.2. The lowest BCUT2D eigenvalue weighted by atomic mass is 10.2. The van der Waals surface area contributed by atoms with Gasteiger partial charge in [-0.1, -0.05) is 11.6 Å². The SMILES string of the molecule is CN=C(C)N(C)c1ccc(N(Oc2ccc(Cl)cc2C)C(C)=O)cc1. The highest BCUT2D eigenvalue weighted by Gasteiger charge is 2.16. The molecule has 2 aromatic rings. The van der Waals surface area contributed by atoms with Crippen molar-refractivity contribution in [1.29, 1.82) is 0 Å². The van der Waals surface area contributed by atoms with Gasteiger partial charge in [0.2, 0.25) is 0 Å². The van der Waals surface area contributed by atoms with E-state index < -0.39 is 0 Å². The van der Waals surface area contributed by atoms with Crippen LogP contribution < -0.4 is 14.8 Å². The van der Waals surface area contributed by atoms with E-state index in [1.165, 1.54) is 12.0 Å². The fraction of sp³-hybridized carbons (Fsp3) is 0.263. The Morgan fingerprint density at radius 2 is 1.68 bits per heavy atom. The zero-order valence-corrected chi connectivity index (χ0v) is 15.8. The predicted molar refractivity (Wildman–Crippen MR) is 104 cm³/mol. The Hall–Kier alpha value is -2.53. The molecule has 0 aliphatic rings. The highest BCUT2D eigenvalue weighted by atomic mass is 35.5. The van der Waals surface area contributed by atoms with Crippen molar-refractivity contribution in [2.45, 2.75) is 20.8 Å². The number of anilines is 2. The lowest BCUT2D eigenvalue weighted by molar-refractivity contribution is -0.120. The number of rotatable bonds is 4. The summed E-state index contributed by atoms with van der Waals surface area (Å²) in [4.78, 5) is 24.0. The van der Waals surface area contributed by atoms with Gasteiger partial charge in [0, 0.05) is 31.7 Å². The largest absolute Gasteiger partial charge is 0.372 e. The first kappa shape index (κ1) is 18.8. The van der Waals surface area contributed by atoms with Crippen LogP contribution >= 0.6 is 11.6 Å². The van der Waals surface area contributed by atoms with Crippen molar-refractivity contribution >= 4 is 34.7 Å². The molecule has 2 rings (SSSR count). The van der Waals surface area contributed by atoms with Crippen LogP contribution in [-0.2, 0) is 4.79 Å². The van der Waals surface area contributed by atoms with Gasteiger partial charge >= 0.3 is 0 Å². The molecule has 0 unspecified atom stereocenters. The van der Waals surface area contributed by atoms with Crippen LogP contribution in [0.25, 0.3) is 0 Å². The van der Waals surface area contributed by atoms with Gasteiger partial charge < -0.3 is 9.74 Å². The number of amides is 1. The zero-order valence-electron chi connectivity index (χ0n) is 15.1. The maximum Gasteiger partial charge on any atom is 0.256 e. The number of benzene rings is 2. The molecule has 0 spiro atoms. The Kier molecular flexibility index (Phi) is 6.04. The molecule has 5 nitrogen and oxygen atoms in total. The quantitative estimate of drug-likeness (QED) is 0.459. The monoisotopic (exact) mass is 359 g/mol. The second-order valence-electron chi connectivity index (χ2n) is 5.66. The highest BCUT2D eigenvalue weighted by Crippen LogP contribution is 2.26. The average molecular weight is 360 g/mol. The number of hydroxylamine groups is 1. The van der Waals surface area contributed by atoms with Gasteiger partial charge in [0.1, 0.15) is 0 Å². The maximum absolute atomic E-state index is 12.0. The van der Waals surface area contributed by atoms with Crippen molar-refractivity contribution < 1.29 is 9.63 Å². The first-order valence-electron chi connectivity index (χ1n) is 7.85. The van der Waals surface area contributed by atoms with Gasteiger partial charge in [-0.25, -0.2) is 0 Å². The summed E-state index contributed by atoms with van der Waals surface area (Å²) in [6.45, 7) is 5.27. The molecule has 0 saturated carbocycles. The molecule has 0 saturated heterocycles. The summed E-state index contributed by atoms with van der Waals surface area (Å²) < 4.78 is 0. The van der Waals surface area contributed by atoms with Crippen LogP contribution in [0, 0.1) is 6.92 Å². The fourth-order valence-corrected chi connectivity index (χ4v) is 2.49. The number of aryl methyl sites for hydroxylation is 1. The highest BCUT2D eigenvalue weighted by molar-refractivity contribution is 6.30. The first-order valence-corrected chi connectivity index (χ1v) is 8.23. The molecular weight excluding hydrogens is 338 g/mol. The van der Waals surface area contributed by atoms with E-state index in [4.69, 9.17) is 16.4 Å². The second kappa shape index (κ2) is 8.03. The number of amidine groups is 1. The Balaban J connectivity index is 2.27. The standard InChI is InChI=1S/C19H22ClN3O2/c1-13-12-16(20)6-11-19(13)25-23(15(3)24)18-9-7-17(8-10-18)22(5)14(2)21-4/h6-12H,1-5H3. The van der Waals surface area contributed by atoms with Crippen LogP contribution in [0.15, 0.2) is 47.5 Å². The van der Waals surface area contributed by atoms with Gasteiger partial charge in [0.05, 0.1) is 11.5 Å². The third-order valence-electron chi connectivity index (χ3n) is 3.89. The van der Waals surface area contributed by atoms with E-state index >= 15 is 0 Å². The lowest BCUT2D eigenvalue weighted by Crippen LogP contribution is -2.32. The van der Waals surface area contributed by atoms with Crippen molar-refractivity contribution in [2.24, 2.45) is 4.99 Å². The van der Waals surface area contributed by atoms with Crippen LogP contribution in [0.4, 0.5) is 11.4 Å². The predicted octanol–water partition coefficient (Wildman–Crippen LogP) is 4.48. The Morgan fingerprint density at radius 1 is 1.08 bits per heavy atom. The summed E-state index contributed by atoms with van der Waals surface area (Å²) in [7, 11) is 3.69. The molecule has 0 atom stereocenters. The molecule has 0 aromatic heterocycles. The zero-order chi connectivity index (χ0) is 18.6. The van der Waals surface area contributed by atoms with Crippen LogP contribution in [0.1, 0.15) is 19.4 Å². The van der Waals surface area contributed by atoms with E-state index in [1.807, 2.05) is 50.1 Å². The summed E-state index contributed by atoms with van der Waals surface area (Å²) in [5.41, 5.74) is 2.47. The molecule has 0 bridgehead atoms. The number of carbonyl (C=O) groups excluding carboxylic acids is 1. The van der Waals surface area contributed by atoms with Crippen molar-refractivity contribution in [3.63, 3.8) is 0 Å². The molecule has 6 heteroatoms. The molecule has 132 valence electrons. The van der Waals surface area contributed by atoms with E-state index in [9.17, 15) is 4.79 Å². The van der Waals surface area contributed by atoms with Crippen molar-refractivity contribution in [1.82, 2.24) is 0 Å². The molecule has 0 heterocycles. The molecule has 0 aliphatic carbocycles. The van der Waals surface area contributed by atoms with E-state index in [1.54, 1.807) is 25.2 Å². The van der Waals surface area contributed by atoms with Crippen LogP contribution in [0.3, 0.4) is 0 Å². The molecule has 25 heavy (non-hydrogen) atoms. The van der Waals surface area contributed by atoms with Gasteiger partial charge in [-0.05, 0) is 61.9 Å². The fourth-order valence-electron chi connectivity index (χ4n) is 2.26. The summed E-state index contributed by atoms with van der Waals surface area (Å²) in [6.07, 6.45) is 0. The number of hydrogen-bond acceptors (Lipinski definition) is 3. The van der Waals surface area contributed by atoms with E-state index in [-0.39, 0.29) is 5.91 Å². The molecular formula is C19H22ClN3O2. The van der Waals surface area contributed by atoms with Crippen molar-refractivity contribution in [3.8, 4) is 5.75 Å². The van der Waals surface area contributed by atoms with Crippen LogP contribution in [-0.4, -0.2) is 25.8 Å². The average Bonchev–Trinajstić information content (AvgIpc) is 2.59. The van der Waals surface area contributed by atoms with E-state index in [2.05, 4.69) is 4.99 Å².